The Balaban J connectivity index is 0.00000121. The Hall–Kier alpha value is -0.260. The minimum Gasteiger partial charge on any atom is -0.0851 e. The maximum absolute atomic E-state index is 2.42. The third kappa shape index (κ3) is 2.36. The van der Waals surface area contributed by atoms with Crippen LogP contribution in [0.4, 0.5) is 0 Å². The van der Waals surface area contributed by atoms with Crippen LogP contribution >= 0.6 is 0 Å². The normalized spacial score (nSPS) is 29.6. The monoisotopic (exact) mass is 168 g/mol. The molecule has 0 nitrogen and oxygen atoms in total. The van der Waals surface area contributed by atoms with Crippen LogP contribution in [0.5, 0.6) is 0 Å². The van der Waals surface area contributed by atoms with Crippen molar-refractivity contribution >= 4 is 0 Å². The topological polar surface area (TPSA) is 0 Å². The van der Waals surface area contributed by atoms with E-state index in [4.69, 9.17) is 0 Å². The van der Waals surface area contributed by atoms with Crippen LogP contribution in [0.1, 0.15) is 54.4 Å². The summed E-state index contributed by atoms with van der Waals surface area (Å²) in [5.74, 6) is 0.826. The fourth-order valence-electron chi connectivity index (χ4n) is 1.62. The molecule has 0 aromatic rings. The smallest absolute Gasteiger partial charge is 0.0265 e. The molecule has 0 saturated carbocycles. The summed E-state index contributed by atoms with van der Waals surface area (Å²) in [6, 6.07) is 0. The third-order valence-electron chi connectivity index (χ3n) is 3.40. The Labute approximate surface area is 78.1 Å². The molecule has 1 rings (SSSR count). The molecule has 12 heavy (non-hydrogen) atoms. The van der Waals surface area contributed by atoms with Crippen LogP contribution in [0.15, 0.2) is 11.6 Å². The first-order valence-corrected chi connectivity index (χ1v) is 4.70. The lowest BCUT2D eigenvalue weighted by Crippen LogP contribution is -2.25. The van der Waals surface area contributed by atoms with Crippen molar-refractivity contribution in [3.8, 4) is 0 Å². The molecule has 1 atom stereocenters. The maximum Gasteiger partial charge on any atom is -0.0265 e. The first-order valence-electron chi connectivity index (χ1n) is 4.70. The predicted octanol–water partition coefficient (Wildman–Crippen LogP) is 4.42. The van der Waals surface area contributed by atoms with E-state index in [0.717, 1.165) is 5.92 Å². The summed E-state index contributed by atoms with van der Waals surface area (Å²) in [4.78, 5) is 0. The van der Waals surface area contributed by atoms with Gasteiger partial charge in [-0.15, -0.1) is 0 Å². The van der Waals surface area contributed by atoms with Crippen LogP contribution in [0.2, 0.25) is 0 Å². The summed E-state index contributed by atoms with van der Waals surface area (Å²) in [7, 11) is 0. The number of allylic oxidation sites excluding steroid dienone is 2. The Bertz CT molecular complexity index is 165. The van der Waals surface area contributed by atoms with E-state index in [1.165, 1.54) is 19.3 Å². The molecular formula is C12H24. The van der Waals surface area contributed by atoms with Crippen molar-refractivity contribution in [3.05, 3.63) is 11.6 Å². The highest BCUT2D eigenvalue weighted by atomic mass is 14.3. The van der Waals surface area contributed by atoms with Crippen LogP contribution in [0.25, 0.3) is 0 Å². The molecule has 1 unspecified atom stereocenters. The molecule has 72 valence electrons. The number of hydrogen-bond donors (Lipinski definition) is 0. The van der Waals surface area contributed by atoms with Gasteiger partial charge in [-0.1, -0.05) is 39.8 Å². The van der Waals surface area contributed by atoms with Gasteiger partial charge in [0.1, 0.15) is 0 Å². The van der Waals surface area contributed by atoms with Crippen LogP contribution in [-0.4, -0.2) is 0 Å². The van der Waals surface area contributed by atoms with Crippen molar-refractivity contribution in [2.24, 2.45) is 11.3 Å². The van der Waals surface area contributed by atoms with Crippen LogP contribution in [0.3, 0.4) is 0 Å². The zero-order chi connectivity index (χ0) is 8.48. The van der Waals surface area contributed by atoms with Gasteiger partial charge in [0.15, 0.2) is 0 Å². The van der Waals surface area contributed by atoms with Gasteiger partial charge in [0.05, 0.1) is 0 Å². The first kappa shape index (κ1) is 11.7. The van der Waals surface area contributed by atoms with Crippen molar-refractivity contribution in [1.82, 2.24) is 0 Å². The van der Waals surface area contributed by atoms with Gasteiger partial charge in [-0.05, 0) is 37.5 Å². The van der Waals surface area contributed by atoms with E-state index < -0.39 is 0 Å². The molecule has 0 bridgehead atoms. The molecule has 0 aromatic heterocycles. The van der Waals surface area contributed by atoms with Crippen molar-refractivity contribution in [1.29, 1.82) is 0 Å². The molecule has 0 radical (unpaired) electrons. The van der Waals surface area contributed by atoms with Gasteiger partial charge in [0.2, 0.25) is 0 Å². The molecular weight excluding hydrogens is 144 g/mol. The second kappa shape index (κ2) is 4.11. The van der Waals surface area contributed by atoms with Crippen molar-refractivity contribution < 1.29 is 0 Å². The molecule has 1 aliphatic rings. The van der Waals surface area contributed by atoms with E-state index in [2.05, 4.69) is 33.8 Å². The quantitative estimate of drug-likeness (QED) is 0.509. The van der Waals surface area contributed by atoms with Gasteiger partial charge >= 0.3 is 0 Å². The summed E-state index contributed by atoms with van der Waals surface area (Å²) in [5, 5.41) is 0. The van der Waals surface area contributed by atoms with E-state index in [0.29, 0.717) is 5.41 Å². The standard InChI is InChI=1S/C11H20.CH4/c1-9(2)11(4)7-5-10(3)6-8-11;/h5,9H,6-8H2,1-4H3;1H4. The number of rotatable bonds is 1. The van der Waals surface area contributed by atoms with E-state index >= 15 is 0 Å². The summed E-state index contributed by atoms with van der Waals surface area (Å²) < 4.78 is 0. The fraction of sp³-hybridized carbons (Fsp3) is 0.833. The molecule has 0 N–H and O–H groups in total. The Morgan fingerprint density at radius 2 is 2.00 bits per heavy atom. The Morgan fingerprint density at radius 3 is 2.33 bits per heavy atom. The largest absolute Gasteiger partial charge is 0.0851 e. The molecule has 0 spiro atoms. The molecule has 0 aromatic carbocycles. The molecule has 0 heteroatoms. The lowest BCUT2D eigenvalue weighted by Gasteiger charge is -2.36. The molecule has 1 aliphatic carbocycles. The third-order valence-corrected chi connectivity index (χ3v) is 3.40. The lowest BCUT2D eigenvalue weighted by molar-refractivity contribution is 0.193. The van der Waals surface area contributed by atoms with E-state index in [1.807, 2.05) is 0 Å². The van der Waals surface area contributed by atoms with Crippen LogP contribution in [0, 0.1) is 11.3 Å². The highest BCUT2D eigenvalue weighted by Crippen LogP contribution is 2.40. The van der Waals surface area contributed by atoms with Crippen molar-refractivity contribution in [3.63, 3.8) is 0 Å². The highest BCUT2D eigenvalue weighted by Gasteiger charge is 2.28. The maximum atomic E-state index is 2.42. The Morgan fingerprint density at radius 1 is 1.42 bits per heavy atom. The van der Waals surface area contributed by atoms with E-state index in [9.17, 15) is 0 Å². The summed E-state index contributed by atoms with van der Waals surface area (Å²) in [6.45, 7) is 9.35. The van der Waals surface area contributed by atoms with Gasteiger partial charge in [0.25, 0.3) is 0 Å². The molecule has 0 aliphatic heterocycles. The van der Waals surface area contributed by atoms with E-state index in [1.54, 1.807) is 5.57 Å². The minimum atomic E-state index is 0. The van der Waals surface area contributed by atoms with Gasteiger partial charge in [-0.2, -0.15) is 0 Å². The van der Waals surface area contributed by atoms with Crippen molar-refractivity contribution in [2.75, 3.05) is 0 Å². The van der Waals surface area contributed by atoms with Crippen LogP contribution < -0.4 is 0 Å². The fourth-order valence-corrected chi connectivity index (χ4v) is 1.62. The van der Waals surface area contributed by atoms with Crippen LogP contribution in [-0.2, 0) is 0 Å². The molecule has 0 heterocycles. The number of hydrogen-bond acceptors (Lipinski definition) is 0. The highest BCUT2D eigenvalue weighted by molar-refractivity contribution is 5.06. The zero-order valence-corrected chi connectivity index (χ0v) is 8.28. The van der Waals surface area contributed by atoms with Gasteiger partial charge < -0.3 is 0 Å². The van der Waals surface area contributed by atoms with E-state index in [-0.39, 0.29) is 7.43 Å². The Kier molecular flexibility index (Phi) is 4.02. The predicted molar refractivity (Wildman–Crippen MR) is 57.3 cm³/mol. The summed E-state index contributed by atoms with van der Waals surface area (Å²) in [6.07, 6.45) is 6.40. The second-order valence-electron chi connectivity index (χ2n) is 4.56. The van der Waals surface area contributed by atoms with Gasteiger partial charge in [-0.25, -0.2) is 0 Å². The van der Waals surface area contributed by atoms with Crippen molar-refractivity contribution in [2.45, 2.75) is 54.4 Å². The zero-order valence-electron chi connectivity index (χ0n) is 8.28. The summed E-state index contributed by atoms with van der Waals surface area (Å²) >= 11 is 0. The van der Waals surface area contributed by atoms with Gasteiger partial charge in [-0.3, -0.25) is 0 Å². The van der Waals surface area contributed by atoms with Gasteiger partial charge in [0, 0.05) is 0 Å². The SMILES string of the molecule is C.CC1=CCC(C)(C(C)C)CC1. The minimum absolute atomic E-state index is 0. The second-order valence-corrected chi connectivity index (χ2v) is 4.56. The molecule has 0 amide bonds. The summed E-state index contributed by atoms with van der Waals surface area (Å²) in [5.41, 5.74) is 2.17. The first-order chi connectivity index (χ1) is 5.04. The molecule has 0 fully saturated rings. The average molecular weight is 168 g/mol. The average Bonchev–Trinajstić information content (AvgIpc) is 1.95. The lowest BCUT2D eigenvalue weighted by atomic mass is 9.69. The molecule has 0 saturated heterocycles.